The Balaban J connectivity index is 1.64. The normalized spacial score (nSPS) is 17.6. The topological polar surface area (TPSA) is 42.0 Å². The molecular formula is C17H20N2OS. The van der Waals surface area contributed by atoms with Crippen LogP contribution in [0.3, 0.4) is 0 Å². The fourth-order valence-corrected chi connectivity index (χ4v) is 3.62. The molecule has 1 aliphatic rings. The largest absolute Gasteiger partial charge is 0.326 e. The number of benzene rings is 1. The Morgan fingerprint density at radius 3 is 2.81 bits per heavy atom. The molecule has 0 bridgehead atoms. The smallest absolute Gasteiger partial charge is 0.227 e. The molecule has 1 aliphatic carbocycles. The van der Waals surface area contributed by atoms with Gasteiger partial charge in [0.25, 0.3) is 0 Å². The van der Waals surface area contributed by atoms with Gasteiger partial charge >= 0.3 is 0 Å². The first-order chi connectivity index (χ1) is 10.1. The average Bonchev–Trinajstić information content (AvgIpc) is 2.95. The SMILES string of the molecule is CC(C)c1ccc(NC(=O)C2CCc3ncsc3C2)cc1. The van der Waals surface area contributed by atoms with Gasteiger partial charge in [0, 0.05) is 16.5 Å². The van der Waals surface area contributed by atoms with Crippen molar-refractivity contribution in [2.24, 2.45) is 5.92 Å². The van der Waals surface area contributed by atoms with E-state index in [1.54, 1.807) is 11.3 Å². The molecule has 2 aromatic rings. The van der Waals surface area contributed by atoms with E-state index in [1.807, 2.05) is 17.6 Å². The van der Waals surface area contributed by atoms with E-state index in [9.17, 15) is 4.79 Å². The molecule has 1 amide bonds. The second-order valence-corrected chi connectivity index (χ2v) is 6.87. The highest BCUT2D eigenvalue weighted by molar-refractivity contribution is 7.09. The highest BCUT2D eigenvalue weighted by Gasteiger charge is 2.26. The van der Waals surface area contributed by atoms with Crippen molar-refractivity contribution >= 4 is 22.9 Å². The number of rotatable bonds is 3. The second-order valence-electron chi connectivity index (χ2n) is 5.93. The summed E-state index contributed by atoms with van der Waals surface area (Å²) in [6, 6.07) is 8.16. The van der Waals surface area contributed by atoms with Gasteiger partial charge in [-0.1, -0.05) is 26.0 Å². The summed E-state index contributed by atoms with van der Waals surface area (Å²) in [7, 11) is 0. The quantitative estimate of drug-likeness (QED) is 0.930. The van der Waals surface area contributed by atoms with Crippen molar-refractivity contribution in [2.75, 3.05) is 5.32 Å². The Kier molecular flexibility index (Phi) is 4.06. The van der Waals surface area contributed by atoms with Gasteiger partial charge in [-0.25, -0.2) is 4.98 Å². The van der Waals surface area contributed by atoms with Crippen LogP contribution in [0, 0.1) is 5.92 Å². The molecular weight excluding hydrogens is 280 g/mol. The van der Waals surface area contributed by atoms with Crippen molar-refractivity contribution in [3.8, 4) is 0 Å². The van der Waals surface area contributed by atoms with Crippen LogP contribution < -0.4 is 5.32 Å². The molecule has 3 nitrogen and oxygen atoms in total. The zero-order valence-corrected chi connectivity index (χ0v) is 13.2. The number of amides is 1. The maximum absolute atomic E-state index is 12.4. The lowest BCUT2D eigenvalue weighted by atomic mass is 9.90. The predicted octanol–water partition coefficient (Wildman–Crippen LogP) is 4.01. The zero-order chi connectivity index (χ0) is 14.8. The lowest BCUT2D eigenvalue weighted by Gasteiger charge is -2.20. The average molecular weight is 300 g/mol. The van der Waals surface area contributed by atoms with Crippen LogP contribution in [-0.2, 0) is 17.6 Å². The maximum Gasteiger partial charge on any atom is 0.227 e. The first-order valence-corrected chi connectivity index (χ1v) is 8.33. The zero-order valence-electron chi connectivity index (χ0n) is 12.4. The van der Waals surface area contributed by atoms with Crippen LogP contribution >= 0.6 is 11.3 Å². The highest BCUT2D eigenvalue weighted by atomic mass is 32.1. The van der Waals surface area contributed by atoms with E-state index in [0.717, 1.165) is 24.9 Å². The van der Waals surface area contributed by atoms with Crippen LogP contribution in [0.4, 0.5) is 5.69 Å². The molecule has 1 aromatic heterocycles. The summed E-state index contributed by atoms with van der Waals surface area (Å²) < 4.78 is 0. The van der Waals surface area contributed by atoms with Crippen molar-refractivity contribution in [2.45, 2.75) is 39.0 Å². The second kappa shape index (κ2) is 5.98. The molecule has 1 aromatic carbocycles. The summed E-state index contributed by atoms with van der Waals surface area (Å²) in [6.07, 6.45) is 2.64. The van der Waals surface area contributed by atoms with Gasteiger partial charge in [0.05, 0.1) is 11.2 Å². The number of fused-ring (bicyclic) bond motifs is 1. The summed E-state index contributed by atoms with van der Waals surface area (Å²) in [6.45, 7) is 4.34. The van der Waals surface area contributed by atoms with Gasteiger partial charge < -0.3 is 5.32 Å². The van der Waals surface area contributed by atoms with E-state index in [0.29, 0.717) is 5.92 Å². The van der Waals surface area contributed by atoms with E-state index in [-0.39, 0.29) is 11.8 Å². The first-order valence-electron chi connectivity index (χ1n) is 7.45. The maximum atomic E-state index is 12.4. The summed E-state index contributed by atoms with van der Waals surface area (Å²) in [5, 5.41) is 3.05. The van der Waals surface area contributed by atoms with Gasteiger partial charge in [0.15, 0.2) is 0 Å². The van der Waals surface area contributed by atoms with Crippen LogP contribution in [0.1, 0.15) is 42.3 Å². The van der Waals surface area contributed by atoms with Gasteiger partial charge in [-0.2, -0.15) is 0 Å². The van der Waals surface area contributed by atoms with E-state index in [2.05, 4.69) is 36.3 Å². The van der Waals surface area contributed by atoms with Crippen LogP contribution in [0.25, 0.3) is 0 Å². The molecule has 3 rings (SSSR count). The Hall–Kier alpha value is -1.68. The molecule has 0 fully saturated rings. The molecule has 1 heterocycles. The third-order valence-corrected chi connectivity index (χ3v) is 5.00. The number of carbonyl (C=O) groups is 1. The summed E-state index contributed by atoms with van der Waals surface area (Å²) in [4.78, 5) is 18.0. The molecule has 1 atom stereocenters. The van der Waals surface area contributed by atoms with Crippen LogP contribution in [-0.4, -0.2) is 10.9 Å². The number of hydrogen-bond acceptors (Lipinski definition) is 3. The predicted molar refractivity (Wildman–Crippen MR) is 86.8 cm³/mol. The van der Waals surface area contributed by atoms with Crippen molar-refractivity contribution in [3.05, 3.63) is 45.9 Å². The number of nitrogens with zero attached hydrogens (tertiary/aromatic N) is 1. The molecule has 0 spiro atoms. The van der Waals surface area contributed by atoms with Crippen LogP contribution in [0.15, 0.2) is 29.8 Å². The lowest BCUT2D eigenvalue weighted by molar-refractivity contribution is -0.120. The molecule has 0 saturated carbocycles. The number of anilines is 1. The summed E-state index contributed by atoms with van der Waals surface area (Å²) in [5.41, 5.74) is 5.25. The Bertz CT molecular complexity index is 630. The molecule has 110 valence electrons. The van der Waals surface area contributed by atoms with Gasteiger partial charge in [-0.05, 0) is 42.9 Å². The number of hydrogen-bond donors (Lipinski definition) is 1. The van der Waals surface area contributed by atoms with Crippen molar-refractivity contribution in [1.82, 2.24) is 4.98 Å². The van der Waals surface area contributed by atoms with Crippen molar-refractivity contribution in [1.29, 1.82) is 0 Å². The van der Waals surface area contributed by atoms with Gasteiger partial charge in [0.1, 0.15) is 0 Å². The van der Waals surface area contributed by atoms with E-state index in [1.165, 1.54) is 16.1 Å². The number of thiazole rings is 1. The monoisotopic (exact) mass is 300 g/mol. The van der Waals surface area contributed by atoms with E-state index in [4.69, 9.17) is 0 Å². The van der Waals surface area contributed by atoms with E-state index >= 15 is 0 Å². The Labute approximate surface area is 129 Å². The van der Waals surface area contributed by atoms with E-state index < -0.39 is 0 Å². The fourth-order valence-electron chi connectivity index (χ4n) is 2.72. The lowest BCUT2D eigenvalue weighted by Crippen LogP contribution is -2.27. The Morgan fingerprint density at radius 2 is 2.10 bits per heavy atom. The standard InChI is InChI=1S/C17H20N2OS/c1-11(2)12-3-6-14(7-4-12)19-17(20)13-5-8-15-16(9-13)21-10-18-15/h3-4,6-7,10-11,13H,5,8-9H2,1-2H3,(H,19,20). The van der Waals surface area contributed by atoms with Gasteiger partial charge in [-0.3, -0.25) is 4.79 Å². The number of aromatic nitrogens is 1. The Morgan fingerprint density at radius 1 is 1.33 bits per heavy atom. The highest BCUT2D eigenvalue weighted by Crippen LogP contribution is 2.28. The minimum Gasteiger partial charge on any atom is -0.326 e. The molecule has 4 heteroatoms. The van der Waals surface area contributed by atoms with Gasteiger partial charge in [0.2, 0.25) is 5.91 Å². The first kappa shape index (κ1) is 14.3. The molecule has 0 saturated heterocycles. The minimum absolute atomic E-state index is 0.0720. The van der Waals surface area contributed by atoms with Crippen molar-refractivity contribution < 1.29 is 4.79 Å². The third-order valence-electron chi connectivity index (χ3n) is 4.10. The molecule has 21 heavy (non-hydrogen) atoms. The summed E-state index contributed by atoms with van der Waals surface area (Å²) >= 11 is 1.67. The number of carbonyl (C=O) groups excluding carboxylic acids is 1. The number of aryl methyl sites for hydroxylation is 1. The third kappa shape index (κ3) is 3.16. The molecule has 1 N–H and O–H groups in total. The van der Waals surface area contributed by atoms with Gasteiger partial charge in [-0.15, -0.1) is 11.3 Å². The molecule has 0 aliphatic heterocycles. The fraction of sp³-hybridized carbons (Fsp3) is 0.412. The minimum atomic E-state index is 0.0720. The van der Waals surface area contributed by atoms with Crippen LogP contribution in [0.2, 0.25) is 0 Å². The van der Waals surface area contributed by atoms with Crippen molar-refractivity contribution in [3.63, 3.8) is 0 Å². The summed E-state index contributed by atoms with van der Waals surface area (Å²) in [5.74, 6) is 0.715. The molecule has 0 radical (unpaired) electrons. The van der Waals surface area contributed by atoms with Crippen LogP contribution in [0.5, 0.6) is 0 Å². The number of nitrogens with one attached hydrogen (secondary N) is 1. The molecule has 1 unspecified atom stereocenters.